The van der Waals surface area contributed by atoms with E-state index in [1.165, 1.54) is 32.6 Å². The fourth-order valence-corrected chi connectivity index (χ4v) is 32.4. The molecule has 2 rings (SSSR count). The van der Waals surface area contributed by atoms with E-state index in [0.717, 1.165) is 205 Å². The van der Waals surface area contributed by atoms with E-state index in [0.29, 0.717) is 119 Å². The Morgan fingerprint density at radius 1 is 0.268 bits per heavy atom. The van der Waals surface area contributed by atoms with Crippen LogP contribution < -0.4 is 0 Å². The zero-order valence-corrected chi connectivity index (χ0v) is 91.2. The van der Waals surface area contributed by atoms with Gasteiger partial charge in [0.05, 0.1) is 6.33 Å². The van der Waals surface area contributed by atoms with Crippen molar-refractivity contribution in [1.82, 2.24) is 48.8 Å². The van der Waals surface area contributed by atoms with E-state index >= 15 is 0 Å². The highest BCUT2D eigenvalue weighted by Crippen LogP contribution is 2.26. The average Bonchev–Trinajstić information content (AvgIpc) is 1.12. The average molecular weight is 1890 g/mol. The lowest BCUT2D eigenvalue weighted by atomic mass is 10.2. The van der Waals surface area contributed by atoms with Crippen molar-refractivity contribution in [3.63, 3.8) is 0 Å². The van der Waals surface area contributed by atoms with Crippen LogP contribution in [0, 0.1) is 0 Å². The number of hydrogen-bond acceptors (Lipinski definition) is 30. The van der Waals surface area contributed by atoms with Crippen LogP contribution in [0.5, 0.6) is 0 Å². The molecule has 1 saturated heterocycles. The highest BCUT2D eigenvalue weighted by atomic mass is 28.4. The van der Waals surface area contributed by atoms with Crippen molar-refractivity contribution in [1.29, 1.82) is 0 Å². The number of aryl methyl sites for hydroxylation is 1. The first-order chi connectivity index (χ1) is 59.4. The van der Waals surface area contributed by atoms with Gasteiger partial charge in [0.15, 0.2) is 0 Å². The van der Waals surface area contributed by atoms with Crippen LogP contribution in [0.15, 0.2) is 18.7 Å². The molecule has 0 amide bonds. The minimum Gasteiger partial charge on any atom is -0.377 e. The molecule has 0 aliphatic carbocycles. The van der Waals surface area contributed by atoms with Crippen molar-refractivity contribution < 1.29 is 92.9 Å². The first kappa shape index (κ1) is 125. The van der Waals surface area contributed by atoms with E-state index in [-0.39, 0.29) is 0 Å². The number of piperazine rings is 1. The SMILES string of the molecule is CCO[Si](CCCN(CCCN(CC)CC)CCC[Si](OCC)(OCC)OCC)(OCC)OCC.CCO[Si](CCCN(CCCN1CCN(C)CC1)CCC[Si](OCC)(OCC)OCC)(OCC)OCC.CCO[Si](CCCN(CCCn1ccnc1)CCC[Si](OCC)(OCC)OCC)(OCC)OCC.CO[Si](CCN(C)CCN(C)C)(OC)OC. The van der Waals surface area contributed by atoms with Gasteiger partial charge in [0.2, 0.25) is 0 Å². The number of imidazole rings is 1. The molecule has 1 aliphatic heterocycles. The topological polar surface area (TPSA) is 238 Å². The zero-order valence-electron chi connectivity index (χ0n) is 84.2. The van der Waals surface area contributed by atoms with E-state index in [1.54, 1.807) is 21.3 Å². The molecule has 38 heteroatoms. The molecular weight excluding hydrogens is 1690 g/mol. The Morgan fingerprint density at radius 3 is 0.740 bits per heavy atom. The largest absolute Gasteiger partial charge is 0.501 e. The summed E-state index contributed by atoms with van der Waals surface area (Å²) in [5.41, 5.74) is 0. The summed E-state index contributed by atoms with van der Waals surface area (Å²) >= 11 is 0. The van der Waals surface area contributed by atoms with Crippen molar-refractivity contribution in [2.24, 2.45) is 0 Å². The van der Waals surface area contributed by atoms with Crippen LogP contribution in [-0.2, 0) is 99.5 Å². The zero-order chi connectivity index (χ0) is 92.3. The Kier molecular flexibility index (Phi) is 81.1. The lowest BCUT2D eigenvalue weighted by Crippen LogP contribution is -2.47. The van der Waals surface area contributed by atoms with Crippen molar-refractivity contribution in [3.8, 4) is 0 Å². The molecule has 0 unspecified atom stereocenters. The smallest absolute Gasteiger partial charge is 0.377 e. The molecule has 0 saturated carbocycles. The number of hydrogen-bond donors (Lipinski definition) is 0. The lowest BCUT2D eigenvalue weighted by molar-refractivity contribution is 0.0675. The van der Waals surface area contributed by atoms with Crippen LogP contribution in [0.4, 0.5) is 0 Å². The second-order valence-corrected chi connectivity index (χ2v) is 49.7. The predicted molar refractivity (Wildman–Crippen MR) is 515 cm³/mol. The van der Waals surface area contributed by atoms with Crippen LogP contribution in [0.1, 0.15) is 196 Å². The molecule has 1 aliphatic rings. The number of aromatic nitrogens is 2. The van der Waals surface area contributed by atoms with Gasteiger partial charge in [0.1, 0.15) is 0 Å². The van der Waals surface area contributed by atoms with Gasteiger partial charge in [-0.25, -0.2) is 4.98 Å². The summed E-state index contributed by atoms with van der Waals surface area (Å²) in [5, 5.41) is 0. The molecule has 0 aromatic carbocycles. The van der Waals surface area contributed by atoms with E-state index in [4.69, 9.17) is 92.9 Å². The maximum Gasteiger partial charge on any atom is 0.501 e. The minimum absolute atomic E-state index is 0.611. The third-order valence-corrected chi connectivity index (χ3v) is 42.4. The summed E-state index contributed by atoms with van der Waals surface area (Å²) < 4.78 is 127. The number of nitrogens with zero attached hydrogens (tertiary/aromatic N) is 10. The van der Waals surface area contributed by atoms with E-state index in [2.05, 4.69) is 90.8 Å². The first-order valence-electron chi connectivity index (χ1n) is 48.1. The Hall–Kier alpha value is -0.432. The summed E-state index contributed by atoms with van der Waals surface area (Å²) in [4.78, 5) is 23.8. The Morgan fingerprint density at radius 2 is 0.512 bits per heavy atom. The molecule has 1 fully saturated rings. The predicted octanol–water partition coefficient (Wildman–Crippen LogP) is 13.5. The van der Waals surface area contributed by atoms with Crippen molar-refractivity contribution in [2.75, 3.05) is 299 Å². The molecule has 31 nitrogen and oxygen atoms in total. The van der Waals surface area contributed by atoms with Crippen LogP contribution >= 0.6 is 0 Å². The molecule has 0 radical (unpaired) electrons. The van der Waals surface area contributed by atoms with E-state index in [1.807, 2.05) is 143 Å². The van der Waals surface area contributed by atoms with E-state index < -0.39 is 61.6 Å². The normalized spacial score (nSPS) is 13.8. The van der Waals surface area contributed by atoms with Gasteiger partial charge < -0.3 is 137 Å². The molecule has 0 spiro atoms. The van der Waals surface area contributed by atoms with Gasteiger partial charge in [0, 0.05) is 247 Å². The Balaban J connectivity index is 0. The summed E-state index contributed by atoms with van der Waals surface area (Å²) in [6.45, 7) is 74.2. The summed E-state index contributed by atoms with van der Waals surface area (Å²) in [6, 6.07) is 5.89. The highest BCUT2D eigenvalue weighted by Gasteiger charge is 2.46. The molecule has 123 heavy (non-hydrogen) atoms. The van der Waals surface area contributed by atoms with Gasteiger partial charge in [-0.05, 0) is 296 Å². The van der Waals surface area contributed by atoms with Crippen LogP contribution in [0.3, 0.4) is 0 Å². The monoisotopic (exact) mass is 1890 g/mol. The second kappa shape index (κ2) is 80.1. The maximum atomic E-state index is 6.09. The van der Waals surface area contributed by atoms with Crippen LogP contribution in [0.2, 0.25) is 42.3 Å². The fourth-order valence-electron chi connectivity index (χ4n) is 15.0. The van der Waals surface area contributed by atoms with Gasteiger partial charge in [-0.15, -0.1) is 0 Å². The van der Waals surface area contributed by atoms with Gasteiger partial charge in [-0.2, -0.15) is 0 Å². The minimum atomic E-state index is -2.62. The lowest BCUT2D eigenvalue weighted by Gasteiger charge is -2.33. The number of rotatable bonds is 83. The fraction of sp³-hybridized carbons (Fsp3) is 0.965. The molecular formula is C85H194N10O21Si7. The van der Waals surface area contributed by atoms with Crippen LogP contribution in [-0.4, -0.2) is 410 Å². The Bertz CT molecular complexity index is 2210. The third-order valence-electron chi connectivity index (χ3n) is 20.8. The molecule has 738 valence electrons. The van der Waals surface area contributed by atoms with Crippen molar-refractivity contribution in [3.05, 3.63) is 18.7 Å². The van der Waals surface area contributed by atoms with Gasteiger partial charge in [0.25, 0.3) is 0 Å². The van der Waals surface area contributed by atoms with E-state index in [9.17, 15) is 0 Å². The molecule has 0 bridgehead atoms. The summed E-state index contributed by atoms with van der Waals surface area (Å²) in [5.74, 6) is 0. The number of likely N-dealkylation sites (N-methyl/N-ethyl adjacent to an activating group) is 3. The van der Waals surface area contributed by atoms with Crippen molar-refractivity contribution >= 4 is 61.6 Å². The molecule has 2 heterocycles. The highest BCUT2D eigenvalue weighted by molar-refractivity contribution is 6.63. The maximum absolute atomic E-state index is 6.09. The summed E-state index contributed by atoms with van der Waals surface area (Å²) in [7, 11) is -4.65. The summed E-state index contributed by atoms with van der Waals surface area (Å²) in [6.07, 6.45) is 15.1. The molecule has 1 aromatic heterocycles. The molecule has 1 aromatic rings. The van der Waals surface area contributed by atoms with Crippen LogP contribution in [0.25, 0.3) is 0 Å². The Labute approximate surface area is 762 Å². The van der Waals surface area contributed by atoms with Gasteiger partial charge >= 0.3 is 61.6 Å². The van der Waals surface area contributed by atoms with Gasteiger partial charge in [-0.1, -0.05) is 13.8 Å². The van der Waals surface area contributed by atoms with Gasteiger partial charge in [-0.3, -0.25) is 0 Å². The second-order valence-electron chi connectivity index (χ2n) is 30.2. The third kappa shape index (κ3) is 58.4. The standard InChI is InChI=1S/C26H59N3O6Si2.C25H58N2O6Si2.C24H51N3O6Si2.C10H26N2O3Si/c1-8-30-36(31-9-2,32-10-3)25-15-19-28(17-14-18-29-23-21-27(7)22-24-29)20-16-26-37(33-11-4,34-12-5)35-13-6;1-9-26(10-2)20-17-21-27(22-18-24-34(28-11-3,29-12-4)30-13-5)23-19-25-35(31-14-6,32-15-7)33-16-8;1-7-28-34(29-8-2,30-9-3)22-14-19-26(17-13-18-27-21-16-25-24-27)20-15-23-35(31-10-4,32-11-5)33-12-6;1-11(2)7-8-12(3)9-10-16(13-4,14-5)15-6/h8-26H2,1-7H3;9-25H2,1-8H3;16,21,24H,7-15,17-20,22-23H2,1-6H3;7-10H2,1-6H3. The molecule has 0 atom stereocenters. The first-order valence-corrected chi connectivity index (χ1v) is 61.6. The molecule has 0 N–H and O–H groups in total. The quantitative estimate of drug-likeness (QED) is 0.0551. The van der Waals surface area contributed by atoms with Crippen molar-refractivity contribution in [2.45, 2.75) is 245 Å².